The van der Waals surface area contributed by atoms with E-state index in [2.05, 4.69) is 4.74 Å². The average molecular weight is 420 g/mol. The van der Waals surface area contributed by atoms with E-state index < -0.39 is 16.4 Å². The Labute approximate surface area is 162 Å². The molecule has 0 saturated heterocycles. The number of hydrogen-bond acceptors (Lipinski definition) is 5. The topological polar surface area (TPSA) is 55.8 Å². The lowest BCUT2D eigenvalue weighted by Crippen LogP contribution is -2.25. The number of benzene rings is 2. The second-order valence-corrected chi connectivity index (χ2v) is 8.42. The van der Waals surface area contributed by atoms with Crippen molar-refractivity contribution in [2.75, 3.05) is 26.5 Å². The molecule has 27 heavy (non-hydrogen) atoms. The zero-order chi connectivity index (χ0) is 20.0. The normalized spacial score (nSPS) is 11.8. The Morgan fingerprint density at radius 1 is 1.11 bits per heavy atom. The molecule has 0 amide bonds. The van der Waals surface area contributed by atoms with Crippen LogP contribution in [0, 0.1) is 0 Å². The van der Waals surface area contributed by atoms with Crippen molar-refractivity contribution in [3.8, 4) is 11.5 Å². The van der Waals surface area contributed by atoms with Crippen molar-refractivity contribution in [2.45, 2.75) is 18.1 Å². The molecule has 0 saturated carbocycles. The number of rotatable bonds is 9. The molecular weight excluding hydrogens is 400 g/mol. The lowest BCUT2D eigenvalue weighted by atomic mass is 10.2. The molecule has 0 aliphatic heterocycles. The van der Waals surface area contributed by atoms with Crippen molar-refractivity contribution in [2.24, 2.45) is 0 Å². The molecule has 0 heterocycles. The lowest BCUT2D eigenvalue weighted by Gasteiger charge is -2.18. The van der Waals surface area contributed by atoms with Gasteiger partial charge in [0.05, 0.1) is 17.8 Å². The molecule has 0 radical (unpaired) electrons. The first-order valence-corrected chi connectivity index (χ1v) is 10.0. The van der Waals surface area contributed by atoms with Crippen LogP contribution in [0.5, 0.6) is 11.5 Å². The SMILES string of the molecule is COc1cc(CN(C)CCS(=O)(=O)c2ccc(Cl)cc2)ccc1OC(F)F. The molecule has 0 aliphatic carbocycles. The quantitative estimate of drug-likeness (QED) is 0.617. The fraction of sp³-hybridized carbons (Fsp3) is 0.333. The van der Waals surface area contributed by atoms with Crippen LogP contribution in [-0.2, 0) is 16.4 Å². The minimum absolute atomic E-state index is 0.0516. The highest BCUT2D eigenvalue weighted by Crippen LogP contribution is 2.29. The van der Waals surface area contributed by atoms with E-state index in [9.17, 15) is 17.2 Å². The Morgan fingerprint density at radius 3 is 2.37 bits per heavy atom. The molecule has 0 atom stereocenters. The van der Waals surface area contributed by atoms with Gasteiger partial charge in [0, 0.05) is 18.1 Å². The van der Waals surface area contributed by atoms with Crippen LogP contribution in [0.15, 0.2) is 47.4 Å². The first-order chi connectivity index (χ1) is 12.7. The third-order valence-electron chi connectivity index (χ3n) is 3.81. The van der Waals surface area contributed by atoms with Crippen molar-refractivity contribution < 1.29 is 26.7 Å². The highest BCUT2D eigenvalue weighted by atomic mass is 35.5. The molecule has 0 fully saturated rings. The zero-order valence-corrected chi connectivity index (χ0v) is 16.4. The first kappa shape index (κ1) is 21.4. The molecule has 0 bridgehead atoms. The molecule has 2 rings (SSSR count). The smallest absolute Gasteiger partial charge is 0.387 e. The number of hydrogen-bond donors (Lipinski definition) is 0. The highest BCUT2D eigenvalue weighted by molar-refractivity contribution is 7.91. The minimum Gasteiger partial charge on any atom is -0.493 e. The van der Waals surface area contributed by atoms with Crippen LogP contribution in [-0.4, -0.2) is 46.4 Å². The Kier molecular flexibility index (Phi) is 7.41. The van der Waals surface area contributed by atoms with E-state index in [0.29, 0.717) is 18.1 Å². The van der Waals surface area contributed by atoms with Gasteiger partial charge in [-0.1, -0.05) is 17.7 Å². The molecule has 0 unspecified atom stereocenters. The van der Waals surface area contributed by atoms with Gasteiger partial charge in [-0.2, -0.15) is 8.78 Å². The molecule has 2 aromatic rings. The predicted molar refractivity (Wildman–Crippen MR) is 99.5 cm³/mol. The molecule has 2 aromatic carbocycles. The van der Waals surface area contributed by atoms with Crippen LogP contribution in [0.25, 0.3) is 0 Å². The summed E-state index contributed by atoms with van der Waals surface area (Å²) in [6, 6.07) is 10.6. The first-order valence-electron chi connectivity index (χ1n) is 8.00. The van der Waals surface area contributed by atoms with Gasteiger partial charge in [-0.05, 0) is 49.0 Å². The number of sulfone groups is 1. The standard InChI is InChI=1S/C18H20ClF2NO4S/c1-22(9-10-27(23,24)15-6-4-14(19)5-7-15)12-13-3-8-16(26-18(20)21)17(11-13)25-2/h3-8,11,18H,9-10,12H2,1-2H3. The van der Waals surface area contributed by atoms with Crippen molar-refractivity contribution in [1.29, 1.82) is 0 Å². The van der Waals surface area contributed by atoms with Crippen molar-refractivity contribution in [3.05, 3.63) is 53.1 Å². The van der Waals surface area contributed by atoms with Crippen molar-refractivity contribution >= 4 is 21.4 Å². The van der Waals surface area contributed by atoms with Crippen LogP contribution in [0.2, 0.25) is 5.02 Å². The summed E-state index contributed by atoms with van der Waals surface area (Å²) in [5.41, 5.74) is 0.778. The van der Waals surface area contributed by atoms with Gasteiger partial charge in [-0.25, -0.2) is 8.42 Å². The van der Waals surface area contributed by atoms with Gasteiger partial charge in [0.25, 0.3) is 0 Å². The van der Waals surface area contributed by atoms with E-state index in [1.807, 2.05) is 4.90 Å². The van der Waals surface area contributed by atoms with Crippen molar-refractivity contribution in [1.82, 2.24) is 4.90 Å². The Bertz CT molecular complexity index is 860. The van der Waals surface area contributed by atoms with E-state index in [1.54, 1.807) is 19.2 Å². The molecule has 9 heteroatoms. The fourth-order valence-electron chi connectivity index (χ4n) is 2.43. The number of alkyl halides is 2. The second kappa shape index (κ2) is 9.34. The van der Waals surface area contributed by atoms with E-state index >= 15 is 0 Å². The van der Waals surface area contributed by atoms with Gasteiger partial charge < -0.3 is 14.4 Å². The van der Waals surface area contributed by atoms with Gasteiger partial charge in [-0.15, -0.1) is 0 Å². The summed E-state index contributed by atoms with van der Waals surface area (Å²) in [4.78, 5) is 2.03. The van der Waals surface area contributed by atoms with E-state index in [0.717, 1.165) is 5.56 Å². The second-order valence-electron chi connectivity index (χ2n) is 5.87. The maximum absolute atomic E-state index is 12.4. The molecule has 0 aromatic heterocycles. The molecule has 0 aliphatic rings. The summed E-state index contributed by atoms with van der Waals surface area (Å²) in [5.74, 6) is 0.0775. The molecule has 148 valence electrons. The summed E-state index contributed by atoms with van der Waals surface area (Å²) >= 11 is 5.78. The van der Waals surface area contributed by atoms with Crippen LogP contribution < -0.4 is 9.47 Å². The van der Waals surface area contributed by atoms with E-state index in [4.69, 9.17) is 16.3 Å². The van der Waals surface area contributed by atoms with Crippen molar-refractivity contribution in [3.63, 3.8) is 0 Å². The van der Waals surface area contributed by atoms with E-state index in [1.165, 1.54) is 37.4 Å². The van der Waals surface area contributed by atoms with Crippen LogP contribution in [0.1, 0.15) is 5.56 Å². The maximum atomic E-state index is 12.4. The molecular formula is C18H20ClF2NO4S. The summed E-state index contributed by atoms with van der Waals surface area (Å²) in [6.07, 6.45) is 0. The Balaban J connectivity index is 1.99. The largest absolute Gasteiger partial charge is 0.493 e. The van der Waals surface area contributed by atoms with Gasteiger partial charge in [-0.3, -0.25) is 0 Å². The number of methoxy groups -OCH3 is 1. The van der Waals surface area contributed by atoms with E-state index in [-0.39, 0.29) is 22.1 Å². The third-order valence-corrected chi connectivity index (χ3v) is 5.77. The molecule has 5 nitrogen and oxygen atoms in total. The highest BCUT2D eigenvalue weighted by Gasteiger charge is 2.16. The Morgan fingerprint density at radius 2 is 1.78 bits per heavy atom. The molecule has 0 spiro atoms. The maximum Gasteiger partial charge on any atom is 0.387 e. The fourth-order valence-corrected chi connectivity index (χ4v) is 3.89. The summed E-state index contributed by atoms with van der Waals surface area (Å²) in [7, 11) is -0.294. The zero-order valence-electron chi connectivity index (χ0n) is 14.9. The number of halogens is 3. The summed E-state index contributed by atoms with van der Waals surface area (Å²) in [5, 5.41) is 0.472. The van der Waals surface area contributed by atoms with Crippen LogP contribution in [0.4, 0.5) is 8.78 Å². The average Bonchev–Trinajstić information content (AvgIpc) is 2.61. The lowest BCUT2D eigenvalue weighted by molar-refractivity contribution is -0.0512. The number of ether oxygens (including phenoxy) is 2. The van der Waals surface area contributed by atoms with Gasteiger partial charge >= 0.3 is 6.61 Å². The Hall–Kier alpha value is -1.90. The molecule has 0 N–H and O–H groups in total. The number of nitrogens with zero attached hydrogens (tertiary/aromatic N) is 1. The summed E-state index contributed by atoms with van der Waals surface area (Å²) < 4.78 is 58.9. The minimum atomic E-state index is -3.43. The van der Waals surface area contributed by atoms with Crippen LogP contribution >= 0.6 is 11.6 Å². The van der Waals surface area contributed by atoms with Gasteiger partial charge in [0.2, 0.25) is 0 Å². The monoisotopic (exact) mass is 419 g/mol. The van der Waals surface area contributed by atoms with Crippen LogP contribution in [0.3, 0.4) is 0 Å². The predicted octanol–water partition coefficient (Wildman–Crippen LogP) is 3.86. The van der Waals surface area contributed by atoms with Gasteiger partial charge in [0.15, 0.2) is 21.3 Å². The third kappa shape index (κ3) is 6.34. The van der Waals surface area contributed by atoms with Gasteiger partial charge in [0.1, 0.15) is 0 Å². The summed E-state index contributed by atoms with van der Waals surface area (Å²) in [6.45, 7) is -2.23.